The van der Waals surface area contributed by atoms with Gasteiger partial charge in [-0.05, 0) is 30.7 Å². The molecular formula is C18H20F4N4O. The van der Waals surface area contributed by atoms with Gasteiger partial charge in [-0.25, -0.2) is 4.39 Å². The number of alkyl halides is 3. The van der Waals surface area contributed by atoms with E-state index < -0.39 is 18.6 Å². The van der Waals surface area contributed by atoms with Gasteiger partial charge in [0.1, 0.15) is 11.6 Å². The monoisotopic (exact) mass is 384 g/mol. The van der Waals surface area contributed by atoms with E-state index in [-0.39, 0.29) is 24.5 Å². The van der Waals surface area contributed by atoms with Gasteiger partial charge in [-0.3, -0.25) is 9.98 Å². The first kappa shape index (κ1) is 20.5. The van der Waals surface area contributed by atoms with Crippen LogP contribution >= 0.6 is 0 Å². The molecule has 0 aliphatic carbocycles. The van der Waals surface area contributed by atoms with Crippen LogP contribution in [-0.2, 0) is 13.1 Å². The second-order valence-electron chi connectivity index (χ2n) is 5.73. The molecule has 2 aromatic rings. The van der Waals surface area contributed by atoms with Crippen molar-refractivity contribution in [2.75, 3.05) is 13.7 Å². The Kier molecular flexibility index (Phi) is 6.98. The van der Waals surface area contributed by atoms with Gasteiger partial charge in [-0.1, -0.05) is 12.1 Å². The van der Waals surface area contributed by atoms with Crippen molar-refractivity contribution in [1.82, 2.24) is 15.6 Å². The van der Waals surface area contributed by atoms with E-state index in [1.54, 1.807) is 25.1 Å². The average Bonchev–Trinajstić information content (AvgIpc) is 2.62. The van der Waals surface area contributed by atoms with Crippen LogP contribution in [0.5, 0.6) is 5.75 Å². The fourth-order valence-electron chi connectivity index (χ4n) is 2.22. The van der Waals surface area contributed by atoms with Gasteiger partial charge in [0.05, 0.1) is 12.2 Å². The molecule has 146 valence electrons. The number of aromatic nitrogens is 1. The molecule has 0 atom stereocenters. The Balaban J connectivity index is 1.98. The molecular weight excluding hydrogens is 364 g/mol. The minimum atomic E-state index is -4.42. The van der Waals surface area contributed by atoms with Gasteiger partial charge in [0.2, 0.25) is 0 Å². The third-order valence-corrected chi connectivity index (χ3v) is 3.54. The van der Waals surface area contributed by atoms with Crippen molar-refractivity contribution in [2.45, 2.75) is 26.2 Å². The number of nitrogens with zero attached hydrogens (tertiary/aromatic N) is 2. The topological polar surface area (TPSA) is 58.5 Å². The van der Waals surface area contributed by atoms with Crippen molar-refractivity contribution < 1.29 is 22.3 Å². The van der Waals surface area contributed by atoms with Gasteiger partial charge in [0.25, 0.3) is 0 Å². The zero-order chi connectivity index (χ0) is 19.9. The van der Waals surface area contributed by atoms with Crippen LogP contribution in [0.4, 0.5) is 17.6 Å². The molecule has 0 radical (unpaired) electrons. The molecule has 0 bridgehead atoms. The maximum atomic E-state index is 13.6. The van der Waals surface area contributed by atoms with Gasteiger partial charge >= 0.3 is 6.18 Å². The lowest BCUT2D eigenvalue weighted by Crippen LogP contribution is -2.36. The largest absolute Gasteiger partial charge is 0.484 e. The van der Waals surface area contributed by atoms with Gasteiger partial charge in [0.15, 0.2) is 12.6 Å². The highest BCUT2D eigenvalue weighted by atomic mass is 19.4. The number of hydrogen-bond donors (Lipinski definition) is 2. The van der Waals surface area contributed by atoms with E-state index in [4.69, 9.17) is 4.74 Å². The van der Waals surface area contributed by atoms with Crippen LogP contribution < -0.4 is 15.4 Å². The van der Waals surface area contributed by atoms with Gasteiger partial charge in [0, 0.05) is 25.4 Å². The lowest BCUT2D eigenvalue weighted by Gasteiger charge is -2.16. The van der Waals surface area contributed by atoms with E-state index in [0.717, 1.165) is 5.56 Å². The highest BCUT2D eigenvalue weighted by Gasteiger charge is 2.28. The summed E-state index contributed by atoms with van der Waals surface area (Å²) in [6, 6.07) is 7.79. The minimum Gasteiger partial charge on any atom is -0.484 e. The number of rotatable bonds is 6. The standard InChI is InChI=1S/C18H20F4N4O/c1-12-5-6-13(16(8-12)27-11-18(20,21)22)9-25-17(23-2)26-10-15-14(19)4-3-7-24-15/h3-8H,9-11H2,1-2H3,(H2,23,25,26). The molecule has 1 aromatic heterocycles. The van der Waals surface area contributed by atoms with Crippen molar-refractivity contribution in [1.29, 1.82) is 0 Å². The number of aryl methyl sites for hydroxylation is 1. The third-order valence-electron chi connectivity index (χ3n) is 3.54. The van der Waals surface area contributed by atoms with E-state index in [2.05, 4.69) is 20.6 Å². The normalized spacial score (nSPS) is 12.0. The number of aliphatic imine (C=N–C) groups is 1. The number of nitrogens with one attached hydrogen (secondary N) is 2. The summed E-state index contributed by atoms with van der Waals surface area (Å²) in [6.45, 7) is 0.685. The van der Waals surface area contributed by atoms with Crippen molar-refractivity contribution in [3.8, 4) is 5.75 Å². The van der Waals surface area contributed by atoms with E-state index in [0.29, 0.717) is 11.5 Å². The predicted molar refractivity (Wildman–Crippen MR) is 94.0 cm³/mol. The molecule has 0 saturated heterocycles. The summed E-state index contributed by atoms with van der Waals surface area (Å²) >= 11 is 0. The van der Waals surface area contributed by atoms with Gasteiger partial charge < -0.3 is 15.4 Å². The van der Waals surface area contributed by atoms with E-state index >= 15 is 0 Å². The zero-order valence-corrected chi connectivity index (χ0v) is 14.9. The fraction of sp³-hybridized carbons (Fsp3) is 0.333. The van der Waals surface area contributed by atoms with Crippen LogP contribution in [0.15, 0.2) is 41.5 Å². The Hall–Kier alpha value is -2.84. The lowest BCUT2D eigenvalue weighted by molar-refractivity contribution is -0.153. The summed E-state index contributed by atoms with van der Waals surface area (Å²) < 4.78 is 55.8. The molecule has 5 nitrogen and oxygen atoms in total. The van der Waals surface area contributed by atoms with Crippen molar-refractivity contribution in [3.05, 3.63) is 59.2 Å². The van der Waals surface area contributed by atoms with Crippen molar-refractivity contribution in [3.63, 3.8) is 0 Å². The molecule has 1 aromatic carbocycles. The van der Waals surface area contributed by atoms with Crippen LogP contribution in [0.2, 0.25) is 0 Å². The molecule has 9 heteroatoms. The maximum absolute atomic E-state index is 13.6. The third kappa shape index (κ3) is 6.76. The maximum Gasteiger partial charge on any atom is 0.422 e. The lowest BCUT2D eigenvalue weighted by atomic mass is 10.1. The second-order valence-corrected chi connectivity index (χ2v) is 5.73. The summed E-state index contributed by atoms with van der Waals surface area (Å²) in [5, 5.41) is 5.86. The minimum absolute atomic E-state index is 0.109. The number of guanidine groups is 1. The van der Waals surface area contributed by atoms with Crippen LogP contribution in [0.25, 0.3) is 0 Å². The smallest absolute Gasteiger partial charge is 0.422 e. The molecule has 0 unspecified atom stereocenters. The highest BCUT2D eigenvalue weighted by molar-refractivity contribution is 5.79. The Morgan fingerprint density at radius 1 is 1.19 bits per heavy atom. The Labute approximate surface area is 154 Å². The Bertz CT molecular complexity index is 793. The van der Waals surface area contributed by atoms with E-state index in [1.807, 2.05) is 0 Å². The predicted octanol–water partition coefficient (Wildman–Crippen LogP) is 3.34. The number of hydrogen-bond acceptors (Lipinski definition) is 3. The van der Waals surface area contributed by atoms with E-state index in [1.165, 1.54) is 25.4 Å². The molecule has 27 heavy (non-hydrogen) atoms. The highest BCUT2D eigenvalue weighted by Crippen LogP contribution is 2.23. The number of pyridine rings is 1. The summed E-state index contributed by atoms with van der Waals surface area (Å²) in [5.74, 6) is 0.0512. The number of ether oxygens (including phenoxy) is 1. The van der Waals surface area contributed by atoms with Crippen molar-refractivity contribution in [2.24, 2.45) is 4.99 Å². The molecule has 1 heterocycles. The first-order valence-electron chi connectivity index (χ1n) is 8.11. The Morgan fingerprint density at radius 2 is 1.93 bits per heavy atom. The molecule has 2 N–H and O–H groups in total. The zero-order valence-electron chi connectivity index (χ0n) is 14.9. The molecule has 2 rings (SSSR count). The number of halogens is 4. The quantitative estimate of drug-likeness (QED) is 0.456. The van der Waals surface area contributed by atoms with Gasteiger partial charge in [-0.15, -0.1) is 0 Å². The molecule has 0 spiro atoms. The summed E-state index contributed by atoms with van der Waals surface area (Å²) in [4.78, 5) is 7.93. The van der Waals surface area contributed by atoms with Crippen LogP contribution in [-0.4, -0.2) is 30.8 Å². The molecule has 0 saturated carbocycles. The van der Waals surface area contributed by atoms with Gasteiger partial charge in [-0.2, -0.15) is 13.2 Å². The first-order valence-corrected chi connectivity index (χ1v) is 8.11. The van der Waals surface area contributed by atoms with Crippen LogP contribution in [0.3, 0.4) is 0 Å². The SMILES string of the molecule is CN=C(NCc1ccc(C)cc1OCC(F)(F)F)NCc1ncccc1F. The fourth-order valence-corrected chi connectivity index (χ4v) is 2.22. The molecule has 0 aliphatic rings. The van der Waals surface area contributed by atoms with Crippen molar-refractivity contribution >= 4 is 5.96 Å². The second kappa shape index (κ2) is 9.20. The van der Waals surface area contributed by atoms with Crippen LogP contribution in [0.1, 0.15) is 16.8 Å². The summed E-state index contributed by atoms with van der Waals surface area (Å²) in [7, 11) is 1.53. The Morgan fingerprint density at radius 3 is 2.59 bits per heavy atom. The average molecular weight is 384 g/mol. The number of benzene rings is 1. The van der Waals surface area contributed by atoms with Crippen LogP contribution in [0, 0.1) is 12.7 Å². The molecule has 0 amide bonds. The summed E-state index contributed by atoms with van der Waals surface area (Å²) in [5.41, 5.74) is 1.55. The molecule has 0 fully saturated rings. The summed E-state index contributed by atoms with van der Waals surface area (Å²) in [6.07, 6.45) is -2.94. The first-order chi connectivity index (χ1) is 12.8. The van der Waals surface area contributed by atoms with E-state index in [9.17, 15) is 17.6 Å². The molecule has 0 aliphatic heterocycles.